The zero-order valence-corrected chi connectivity index (χ0v) is 13.7. The molecule has 6 heteroatoms. The molecule has 2 aromatic carbocycles. The molecule has 0 saturated heterocycles. The van der Waals surface area contributed by atoms with Gasteiger partial charge in [0.2, 0.25) is 10.0 Å². The van der Waals surface area contributed by atoms with Crippen LogP contribution in [0.25, 0.3) is 0 Å². The van der Waals surface area contributed by atoms with Crippen LogP contribution in [0.15, 0.2) is 48.5 Å². The molecule has 3 rings (SSSR count). The summed E-state index contributed by atoms with van der Waals surface area (Å²) in [5.74, 6) is 1.49. The van der Waals surface area contributed by atoms with Crippen molar-refractivity contribution in [2.45, 2.75) is 18.2 Å². The van der Waals surface area contributed by atoms with E-state index >= 15 is 0 Å². The van der Waals surface area contributed by atoms with Gasteiger partial charge in [0.1, 0.15) is 18.1 Å². The van der Waals surface area contributed by atoms with Gasteiger partial charge in [0, 0.05) is 0 Å². The minimum absolute atomic E-state index is 0.0324. The Morgan fingerprint density at radius 1 is 1.22 bits per heavy atom. The van der Waals surface area contributed by atoms with Gasteiger partial charge in [0.05, 0.1) is 18.9 Å². The molecule has 0 fully saturated rings. The molecule has 23 heavy (non-hydrogen) atoms. The first-order chi connectivity index (χ1) is 11.1. The van der Waals surface area contributed by atoms with Crippen LogP contribution in [0.1, 0.15) is 11.1 Å². The number of nitrogens with one attached hydrogen (secondary N) is 1. The first kappa shape index (κ1) is 15.8. The summed E-state index contributed by atoms with van der Waals surface area (Å²) < 4.78 is 38.2. The number of rotatable bonds is 5. The molecule has 2 aromatic rings. The highest BCUT2D eigenvalue weighted by Gasteiger charge is 2.24. The molecule has 0 bridgehead atoms. The smallest absolute Gasteiger partial charge is 0.216 e. The Morgan fingerprint density at radius 3 is 2.74 bits per heavy atom. The van der Waals surface area contributed by atoms with Crippen LogP contribution in [0.4, 0.5) is 0 Å². The fourth-order valence-electron chi connectivity index (χ4n) is 2.66. The Bertz CT molecular complexity index is 774. The van der Waals surface area contributed by atoms with Crippen LogP contribution in [-0.2, 0) is 22.2 Å². The standard InChI is InChI=1S/C17H19NO4S/c1-21-16-7-8-17-14(10-16)9-15(11-22-17)18-23(19,20)12-13-5-3-2-4-6-13/h2-8,10,15,18H,9,11-12H2,1H3. The summed E-state index contributed by atoms with van der Waals surface area (Å²) in [5, 5.41) is 0. The maximum absolute atomic E-state index is 12.3. The van der Waals surface area contributed by atoms with Gasteiger partial charge in [-0.15, -0.1) is 0 Å². The number of fused-ring (bicyclic) bond motifs is 1. The second-order valence-electron chi connectivity index (χ2n) is 5.55. The summed E-state index contributed by atoms with van der Waals surface area (Å²) in [6.45, 7) is 0.327. The van der Waals surface area contributed by atoms with Crippen LogP contribution < -0.4 is 14.2 Å². The lowest BCUT2D eigenvalue weighted by atomic mass is 10.0. The molecule has 0 amide bonds. The highest BCUT2D eigenvalue weighted by Crippen LogP contribution is 2.28. The van der Waals surface area contributed by atoms with Gasteiger partial charge in [-0.3, -0.25) is 0 Å². The van der Waals surface area contributed by atoms with E-state index in [1.54, 1.807) is 19.2 Å². The summed E-state index contributed by atoms with van der Waals surface area (Å²) in [6, 6.07) is 14.4. The summed E-state index contributed by atoms with van der Waals surface area (Å²) in [5.41, 5.74) is 1.71. The van der Waals surface area contributed by atoms with Gasteiger partial charge in [-0.2, -0.15) is 0 Å². The van der Waals surface area contributed by atoms with E-state index in [-0.39, 0.29) is 11.8 Å². The molecule has 1 N–H and O–H groups in total. The molecular weight excluding hydrogens is 314 g/mol. The van der Waals surface area contributed by atoms with Crippen LogP contribution >= 0.6 is 0 Å². The number of hydrogen-bond acceptors (Lipinski definition) is 4. The summed E-state index contributed by atoms with van der Waals surface area (Å²) >= 11 is 0. The monoisotopic (exact) mass is 333 g/mol. The quantitative estimate of drug-likeness (QED) is 0.910. The van der Waals surface area contributed by atoms with Gasteiger partial charge in [0.15, 0.2) is 0 Å². The Morgan fingerprint density at radius 2 is 2.00 bits per heavy atom. The molecule has 1 heterocycles. The average Bonchev–Trinajstić information content (AvgIpc) is 2.54. The third kappa shape index (κ3) is 4.03. The molecular formula is C17H19NO4S. The van der Waals surface area contributed by atoms with Crippen molar-refractivity contribution in [3.8, 4) is 11.5 Å². The van der Waals surface area contributed by atoms with Crippen LogP contribution in [0.2, 0.25) is 0 Å². The zero-order valence-electron chi connectivity index (χ0n) is 12.9. The fourth-order valence-corrected chi connectivity index (χ4v) is 4.04. The number of hydrogen-bond donors (Lipinski definition) is 1. The van der Waals surface area contributed by atoms with Crippen LogP contribution in [-0.4, -0.2) is 28.2 Å². The lowest BCUT2D eigenvalue weighted by molar-refractivity contribution is 0.253. The van der Waals surface area contributed by atoms with Crippen molar-refractivity contribution in [3.05, 3.63) is 59.7 Å². The molecule has 1 unspecified atom stereocenters. The number of methoxy groups -OCH3 is 1. The van der Waals surface area contributed by atoms with E-state index in [0.29, 0.717) is 13.0 Å². The molecule has 0 aromatic heterocycles. The predicted molar refractivity (Wildman–Crippen MR) is 88.2 cm³/mol. The Hall–Kier alpha value is -2.05. The third-order valence-corrected chi connectivity index (χ3v) is 5.13. The molecule has 1 aliphatic heterocycles. The van der Waals surface area contributed by atoms with E-state index in [2.05, 4.69) is 4.72 Å². The zero-order chi connectivity index (χ0) is 16.3. The average molecular weight is 333 g/mol. The highest BCUT2D eigenvalue weighted by atomic mass is 32.2. The van der Waals surface area contributed by atoms with E-state index in [1.807, 2.05) is 36.4 Å². The Balaban J connectivity index is 1.69. The number of benzene rings is 2. The summed E-state index contributed by atoms with van der Waals surface area (Å²) in [6.07, 6.45) is 0.584. The maximum Gasteiger partial charge on any atom is 0.216 e. The first-order valence-electron chi connectivity index (χ1n) is 7.39. The van der Waals surface area contributed by atoms with Crippen molar-refractivity contribution < 1.29 is 17.9 Å². The molecule has 0 radical (unpaired) electrons. The van der Waals surface area contributed by atoms with Gasteiger partial charge in [-0.1, -0.05) is 30.3 Å². The largest absolute Gasteiger partial charge is 0.497 e. The van der Waals surface area contributed by atoms with E-state index in [9.17, 15) is 8.42 Å². The van der Waals surface area contributed by atoms with Crippen LogP contribution in [0.3, 0.4) is 0 Å². The number of ether oxygens (including phenoxy) is 2. The third-order valence-electron chi connectivity index (χ3n) is 3.72. The minimum atomic E-state index is -3.41. The first-order valence-corrected chi connectivity index (χ1v) is 9.04. The van der Waals surface area contributed by atoms with Gasteiger partial charge in [0.25, 0.3) is 0 Å². The lowest BCUT2D eigenvalue weighted by Gasteiger charge is -2.26. The van der Waals surface area contributed by atoms with Crippen LogP contribution in [0.5, 0.6) is 11.5 Å². The van der Waals surface area contributed by atoms with Crippen molar-refractivity contribution in [3.63, 3.8) is 0 Å². The topological polar surface area (TPSA) is 64.6 Å². The van der Waals surface area contributed by atoms with Gasteiger partial charge in [-0.25, -0.2) is 13.1 Å². The Labute approximate surface area is 136 Å². The molecule has 122 valence electrons. The SMILES string of the molecule is COc1ccc2c(c1)CC(NS(=O)(=O)Cc1ccccc1)CO2. The predicted octanol–water partition coefficient (Wildman–Crippen LogP) is 2.12. The molecule has 1 atom stereocenters. The van der Waals surface area contributed by atoms with Crippen LogP contribution in [0, 0.1) is 0 Å². The second kappa shape index (κ2) is 6.60. The van der Waals surface area contributed by atoms with Crippen molar-refractivity contribution in [2.75, 3.05) is 13.7 Å². The van der Waals surface area contributed by atoms with Gasteiger partial charge in [-0.05, 0) is 35.7 Å². The molecule has 0 spiro atoms. The van der Waals surface area contributed by atoms with Crippen molar-refractivity contribution in [1.29, 1.82) is 0 Å². The summed E-state index contributed by atoms with van der Waals surface area (Å²) in [4.78, 5) is 0. The summed E-state index contributed by atoms with van der Waals surface area (Å²) in [7, 11) is -1.81. The van der Waals surface area contributed by atoms with E-state index in [1.165, 1.54) is 0 Å². The van der Waals surface area contributed by atoms with Crippen molar-refractivity contribution in [2.24, 2.45) is 0 Å². The maximum atomic E-state index is 12.3. The Kier molecular flexibility index (Phi) is 4.54. The lowest BCUT2D eigenvalue weighted by Crippen LogP contribution is -2.43. The fraction of sp³-hybridized carbons (Fsp3) is 0.294. The van der Waals surface area contributed by atoms with E-state index in [4.69, 9.17) is 9.47 Å². The molecule has 0 aliphatic carbocycles. The minimum Gasteiger partial charge on any atom is -0.497 e. The molecule has 5 nitrogen and oxygen atoms in total. The number of sulfonamides is 1. The van der Waals surface area contributed by atoms with Crippen molar-refractivity contribution in [1.82, 2.24) is 4.72 Å². The van der Waals surface area contributed by atoms with E-state index in [0.717, 1.165) is 22.6 Å². The highest BCUT2D eigenvalue weighted by molar-refractivity contribution is 7.88. The van der Waals surface area contributed by atoms with Gasteiger partial charge < -0.3 is 9.47 Å². The second-order valence-corrected chi connectivity index (χ2v) is 7.30. The van der Waals surface area contributed by atoms with E-state index < -0.39 is 10.0 Å². The molecule has 0 saturated carbocycles. The van der Waals surface area contributed by atoms with Crippen molar-refractivity contribution >= 4 is 10.0 Å². The van der Waals surface area contributed by atoms with Gasteiger partial charge >= 0.3 is 0 Å². The normalized spacial score (nSPS) is 17.2. The molecule has 1 aliphatic rings.